The number of benzene rings is 1. The van der Waals surface area contributed by atoms with E-state index in [0.29, 0.717) is 0 Å². The summed E-state index contributed by atoms with van der Waals surface area (Å²) in [5.74, 6) is 0.176. The molecule has 0 aromatic heterocycles. The summed E-state index contributed by atoms with van der Waals surface area (Å²) in [4.78, 5) is 0. The van der Waals surface area contributed by atoms with E-state index in [1.165, 1.54) is 5.56 Å². The molecule has 0 saturated heterocycles. The second kappa shape index (κ2) is 3.47. The number of oxime groups is 1. The molecular formula is C10H14N2O. The Balaban J connectivity index is 3.37. The van der Waals surface area contributed by atoms with Crippen molar-refractivity contribution in [3.8, 4) is 0 Å². The standard InChI is InChI=1S/C10H14N2O/c1-6-4-7(2)9(8(3)5-6)10(11)12-13/h4-5,13H,1-3H3,(H2,11,12). The molecule has 3 heteroatoms. The molecule has 0 aliphatic heterocycles. The van der Waals surface area contributed by atoms with Gasteiger partial charge >= 0.3 is 0 Å². The highest BCUT2D eigenvalue weighted by atomic mass is 16.4. The van der Waals surface area contributed by atoms with Crippen LogP contribution in [0.3, 0.4) is 0 Å². The van der Waals surface area contributed by atoms with Crippen molar-refractivity contribution in [2.24, 2.45) is 10.9 Å². The van der Waals surface area contributed by atoms with Gasteiger partial charge in [-0.2, -0.15) is 0 Å². The van der Waals surface area contributed by atoms with Crippen LogP contribution < -0.4 is 5.73 Å². The summed E-state index contributed by atoms with van der Waals surface area (Å²) in [7, 11) is 0. The van der Waals surface area contributed by atoms with Gasteiger partial charge in [-0.25, -0.2) is 0 Å². The Labute approximate surface area is 77.9 Å². The van der Waals surface area contributed by atoms with Gasteiger partial charge in [0.25, 0.3) is 0 Å². The van der Waals surface area contributed by atoms with Crippen LogP contribution in [0.5, 0.6) is 0 Å². The lowest BCUT2D eigenvalue weighted by molar-refractivity contribution is 0.318. The number of hydrogen-bond donors (Lipinski definition) is 2. The first-order valence-corrected chi connectivity index (χ1v) is 4.12. The van der Waals surface area contributed by atoms with Crippen LogP contribution >= 0.6 is 0 Å². The Kier molecular flexibility index (Phi) is 2.56. The van der Waals surface area contributed by atoms with Crippen LogP contribution in [0.4, 0.5) is 0 Å². The zero-order valence-corrected chi connectivity index (χ0v) is 8.13. The topological polar surface area (TPSA) is 58.6 Å². The van der Waals surface area contributed by atoms with E-state index >= 15 is 0 Å². The molecule has 1 aromatic rings. The minimum Gasteiger partial charge on any atom is -0.409 e. The van der Waals surface area contributed by atoms with Crippen molar-refractivity contribution in [2.45, 2.75) is 20.8 Å². The molecule has 0 radical (unpaired) electrons. The maximum absolute atomic E-state index is 8.57. The van der Waals surface area contributed by atoms with Gasteiger partial charge in [0.1, 0.15) is 0 Å². The van der Waals surface area contributed by atoms with Crippen LogP contribution in [-0.4, -0.2) is 11.0 Å². The van der Waals surface area contributed by atoms with E-state index in [4.69, 9.17) is 10.9 Å². The number of nitrogens with two attached hydrogens (primary N) is 1. The molecule has 0 heterocycles. The Morgan fingerprint density at radius 3 is 2.08 bits per heavy atom. The monoisotopic (exact) mass is 178 g/mol. The predicted molar refractivity (Wildman–Crippen MR) is 53.2 cm³/mol. The second-order valence-corrected chi connectivity index (χ2v) is 3.26. The molecule has 1 aromatic carbocycles. The Morgan fingerprint density at radius 1 is 1.23 bits per heavy atom. The first kappa shape index (κ1) is 9.58. The SMILES string of the molecule is Cc1cc(C)c(/C(N)=N/O)c(C)c1. The molecule has 0 amide bonds. The van der Waals surface area contributed by atoms with Gasteiger partial charge in [0.2, 0.25) is 0 Å². The van der Waals surface area contributed by atoms with Crippen LogP contribution in [0.2, 0.25) is 0 Å². The van der Waals surface area contributed by atoms with E-state index in [2.05, 4.69) is 5.16 Å². The van der Waals surface area contributed by atoms with E-state index < -0.39 is 0 Å². The first-order valence-electron chi connectivity index (χ1n) is 4.12. The molecule has 0 unspecified atom stereocenters. The average Bonchev–Trinajstić information content (AvgIpc) is 2.02. The molecule has 0 bridgehead atoms. The molecule has 3 nitrogen and oxygen atoms in total. The van der Waals surface area contributed by atoms with Gasteiger partial charge in [0, 0.05) is 5.56 Å². The summed E-state index contributed by atoms with van der Waals surface area (Å²) in [6.07, 6.45) is 0. The largest absolute Gasteiger partial charge is 0.409 e. The van der Waals surface area contributed by atoms with Gasteiger partial charge in [0.15, 0.2) is 5.84 Å². The van der Waals surface area contributed by atoms with Crippen molar-refractivity contribution in [3.63, 3.8) is 0 Å². The van der Waals surface area contributed by atoms with Gasteiger partial charge in [-0.15, -0.1) is 0 Å². The summed E-state index contributed by atoms with van der Waals surface area (Å²) < 4.78 is 0. The molecule has 3 N–H and O–H groups in total. The zero-order chi connectivity index (χ0) is 10.0. The zero-order valence-electron chi connectivity index (χ0n) is 8.13. The summed E-state index contributed by atoms with van der Waals surface area (Å²) in [5.41, 5.74) is 9.63. The van der Waals surface area contributed by atoms with Crippen molar-refractivity contribution in [1.82, 2.24) is 0 Å². The minimum absolute atomic E-state index is 0.176. The van der Waals surface area contributed by atoms with Gasteiger partial charge < -0.3 is 10.9 Å². The summed E-state index contributed by atoms with van der Waals surface area (Å²) in [6, 6.07) is 4.03. The number of aryl methyl sites for hydroxylation is 3. The lowest BCUT2D eigenvalue weighted by atomic mass is 9.99. The number of nitrogens with zero attached hydrogens (tertiary/aromatic N) is 1. The second-order valence-electron chi connectivity index (χ2n) is 3.26. The van der Waals surface area contributed by atoms with Crippen molar-refractivity contribution in [3.05, 3.63) is 34.4 Å². The fraction of sp³-hybridized carbons (Fsp3) is 0.300. The highest BCUT2D eigenvalue weighted by Gasteiger charge is 2.07. The number of rotatable bonds is 1. The maximum Gasteiger partial charge on any atom is 0.170 e. The molecule has 70 valence electrons. The predicted octanol–water partition coefficient (Wildman–Crippen LogP) is 1.71. The molecule has 0 aliphatic carbocycles. The van der Waals surface area contributed by atoms with Crippen LogP contribution in [0.1, 0.15) is 22.3 Å². The van der Waals surface area contributed by atoms with Crippen molar-refractivity contribution < 1.29 is 5.21 Å². The molecular weight excluding hydrogens is 164 g/mol. The van der Waals surface area contributed by atoms with E-state index in [0.717, 1.165) is 16.7 Å². The van der Waals surface area contributed by atoms with E-state index in [-0.39, 0.29) is 5.84 Å². The van der Waals surface area contributed by atoms with Crippen LogP contribution in [0.15, 0.2) is 17.3 Å². The lowest BCUT2D eigenvalue weighted by Crippen LogP contribution is -2.16. The lowest BCUT2D eigenvalue weighted by Gasteiger charge is -2.08. The summed E-state index contributed by atoms with van der Waals surface area (Å²) >= 11 is 0. The van der Waals surface area contributed by atoms with E-state index in [1.807, 2.05) is 32.9 Å². The highest BCUT2D eigenvalue weighted by molar-refractivity contribution is 5.99. The van der Waals surface area contributed by atoms with Gasteiger partial charge in [-0.05, 0) is 31.9 Å². The maximum atomic E-state index is 8.57. The Bertz CT molecular complexity index is 333. The molecule has 0 fully saturated rings. The normalized spacial score (nSPS) is 11.8. The third kappa shape index (κ3) is 1.80. The Hall–Kier alpha value is -1.51. The number of amidine groups is 1. The molecule has 0 aliphatic rings. The molecule has 13 heavy (non-hydrogen) atoms. The first-order chi connectivity index (χ1) is 6.06. The van der Waals surface area contributed by atoms with Crippen molar-refractivity contribution in [1.29, 1.82) is 0 Å². The molecule has 0 atom stereocenters. The third-order valence-corrected chi connectivity index (χ3v) is 2.04. The van der Waals surface area contributed by atoms with Gasteiger partial charge in [0.05, 0.1) is 0 Å². The summed E-state index contributed by atoms with van der Waals surface area (Å²) in [5, 5.41) is 11.6. The molecule has 0 spiro atoms. The van der Waals surface area contributed by atoms with Crippen molar-refractivity contribution in [2.75, 3.05) is 0 Å². The Morgan fingerprint density at radius 2 is 1.69 bits per heavy atom. The molecule has 1 rings (SSSR count). The number of hydrogen-bond acceptors (Lipinski definition) is 2. The van der Waals surface area contributed by atoms with Crippen LogP contribution in [0, 0.1) is 20.8 Å². The fourth-order valence-electron chi connectivity index (χ4n) is 1.63. The van der Waals surface area contributed by atoms with E-state index in [9.17, 15) is 0 Å². The fourth-order valence-corrected chi connectivity index (χ4v) is 1.63. The highest BCUT2D eigenvalue weighted by Crippen LogP contribution is 2.15. The van der Waals surface area contributed by atoms with E-state index in [1.54, 1.807) is 0 Å². The quantitative estimate of drug-likeness (QED) is 0.297. The molecule has 0 saturated carbocycles. The smallest absolute Gasteiger partial charge is 0.170 e. The third-order valence-electron chi connectivity index (χ3n) is 2.04. The van der Waals surface area contributed by atoms with Crippen LogP contribution in [0.25, 0.3) is 0 Å². The van der Waals surface area contributed by atoms with Crippen molar-refractivity contribution >= 4 is 5.84 Å². The van der Waals surface area contributed by atoms with Crippen LogP contribution in [-0.2, 0) is 0 Å². The summed E-state index contributed by atoms with van der Waals surface area (Å²) in [6.45, 7) is 5.93. The average molecular weight is 178 g/mol. The minimum atomic E-state index is 0.176. The van der Waals surface area contributed by atoms with Gasteiger partial charge in [-0.3, -0.25) is 0 Å². The van der Waals surface area contributed by atoms with Gasteiger partial charge in [-0.1, -0.05) is 22.9 Å².